The van der Waals surface area contributed by atoms with E-state index in [4.69, 9.17) is 0 Å². The zero-order valence-electron chi connectivity index (χ0n) is 15.2. The highest BCUT2D eigenvalue weighted by molar-refractivity contribution is 7.89. The highest BCUT2D eigenvalue weighted by Crippen LogP contribution is 2.33. The summed E-state index contributed by atoms with van der Waals surface area (Å²) in [4.78, 5) is 5.14. The molecule has 1 aromatic rings. The molecule has 2 saturated heterocycles. The highest BCUT2D eigenvalue weighted by atomic mass is 32.2. The number of rotatable bonds is 3. The third-order valence-electron chi connectivity index (χ3n) is 5.82. The SMILES string of the molecule is CCn1ncc(S(=O)(=O)N2CCC3(CC2)CN(C)CCN3C)c1C. The van der Waals surface area contributed by atoms with Crippen LogP contribution in [0.25, 0.3) is 0 Å². The number of hydrogen-bond donors (Lipinski definition) is 0. The summed E-state index contributed by atoms with van der Waals surface area (Å²) >= 11 is 0. The molecule has 0 N–H and O–H groups in total. The zero-order valence-corrected chi connectivity index (χ0v) is 16.0. The normalized spacial score (nSPS) is 23.8. The molecule has 0 bridgehead atoms. The van der Waals surface area contributed by atoms with E-state index in [1.807, 2.05) is 13.8 Å². The Morgan fingerprint density at radius 1 is 1.17 bits per heavy atom. The summed E-state index contributed by atoms with van der Waals surface area (Å²) in [7, 11) is 0.876. The fourth-order valence-corrected chi connectivity index (χ4v) is 5.68. The second kappa shape index (κ2) is 6.40. The number of piperidine rings is 1. The van der Waals surface area contributed by atoms with Crippen molar-refractivity contribution in [2.24, 2.45) is 0 Å². The Hall–Kier alpha value is -0.960. The predicted molar refractivity (Wildman–Crippen MR) is 93.5 cm³/mol. The molecule has 24 heavy (non-hydrogen) atoms. The molecule has 7 nitrogen and oxygen atoms in total. The first-order valence-corrected chi connectivity index (χ1v) is 10.2. The van der Waals surface area contributed by atoms with Crippen molar-refractivity contribution in [2.75, 3.05) is 46.8 Å². The van der Waals surface area contributed by atoms with E-state index in [2.05, 4.69) is 29.0 Å². The lowest BCUT2D eigenvalue weighted by Crippen LogP contribution is -2.64. The first kappa shape index (κ1) is 17.8. The summed E-state index contributed by atoms with van der Waals surface area (Å²) in [5.41, 5.74) is 0.842. The van der Waals surface area contributed by atoms with E-state index in [0.717, 1.165) is 38.2 Å². The first-order valence-electron chi connectivity index (χ1n) is 8.72. The fourth-order valence-electron chi connectivity index (χ4n) is 4.08. The molecule has 0 amide bonds. The number of sulfonamides is 1. The maximum atomic E-state index is 13.0. The molecule has 2 aliphatic heterocycles. The number of piperazine rings is 1. The molecule has 0 aliphatic carbocycles. The van der Waals surface area contributed by atoms with E-state index < -0.39 is 10.0 Å². The van der Waals surface area contributed by atoms with Crippen molar-refractivity contribution < 1.29 is 8.42 Å². The summed E-state index contributed by atoms with van der Waals surface area (Å²) in [6, 6.07) is 0. The van der Waals surface area contributed by atoms with Gasteiger partial charge in [0.25, 0.3) is 0 Å². The third-order valence-corrected chi connectivity index (χ3v) is 7.82. The molecular formula is C16H29N5O2S. The van der Waals surface area contributed by atoms with E-state index in [1.165, 1.54) is 6.20 Å². The second-order valence-electron chi connectivity index (χ2n) is 7.20. The topological polar surface area (TPSA) is 61.7 Å². The van der Waals surface area contributed by atoms with Crippen LogP contribution in [0.5, 0.6) is 0 Å². The Morgan fingerprint density at radius 2 is 1.83 bits per heavy atom. The van der Waals surface area contributed by atoms with Gasteiger partial charge in [-0.1, -0.05) is 0 Å². The van der Waals surface area contributed by atoms with E-state index >= 15 is 0 Å². The lowest BCUT2D eigenvalue weighted by atomic mass is 9.84. The van der Waals surface area contributed by atoms with Crippen LogP contribution in [0.2, 0.25) is 0 Å². The van der Waals surface area contributed by atoms with Crippen molar-refractivity contribution in [3.63, 3.8) is 0 Å². The Bertz CT molecular complexity index is 691. The number of likely N-dealkylation sites (N-methyl/N-ethyl adjacent to an activating group) is 2. The molecule has 3 rings (SSSR count). The summed E-state index contributed by atoms with van der Waals surface area (Å²) in [5.74, 6) is 0. The smallest absolute Gasteiger partial charge is 0.246 e. The molecule has 0 saturated carbocycles. The van der Waals surface area contributed by atoms with Crippen LogP contribution in [-0.4, -0.2) is 84.7 Å². The molecule has 3 heterocycles. The van der Waals surface area contributed by atoms with Crippen LogP contribution in [0.1, 0.15) is 25.5 Å². The van der Waals surface area contributed by atoms with Gasteiger partial charge in [0, 0.05) is 44.8 Å². The molecule has 1 aromatic heterocycles. The molecule has 2 fully saturated rings. The van der Waals surface area contributed by atoms with E-state index in [0.29, 0.717) is 24.5 Å². The van der Waals surface area contributed by atoms with Gasteiger partial charge in [-0.15, -0.1) is 0 Å². The average Bonchev–Trinajstić information content (AvgIpc) is 2.93. The lowest BCUT2D eigenvalue weighted by Gasteiger charge is -2.52. The minimum atomic E-state index is -3.45. The summed E-state index contributed by atoms with van der Waals surface area (Å²) in [6.07, 6.45) is 3.26. The van der Waals surface area contributed by atoms with Gasteiger partial charge >= 0.3 is 0 Å². The number of hydrogen-bond acceptors (Lipinski definition) is 5. The largest absolute Gasteiger partial charge is 0.303 e. The number of aryl methyl sites for hydroxylation is 1. The van der Waals surface area contributed by atoms with E-state index in [1.54, 1.807) is 8.99 Å². The highest BCUT2D eigenvalue weighted by Gasteiger charge is 2.44. The molecular weight excluding hydrogens is 326 g/mol. The van der Waals surface area contributed by atoms with E-state index in [9.17, 15) is 8.42 Å². The third kappa shape index (κ3) is 2.89. The predicted octanol–water partition coefficient (Wildman–Crippen LogP) is 0.612. The van der Waals surface area contributed by atoms with Crippen molar-refractivity contribution >= 4 is 10.0 Å². The fraction of sp³-hybridized carbons (Fsp3) is 0.812. The number of nitrogens with zero attached hydrogens (tertiary/aromatic N) is 5. The lowest BCUT2D eigenvalue weighted by molar-refractivity contribution is -0.00629. The van der Waals surface area contributed by atoms with Crippen LogP contribution >= 0.6 is 0 Å². The van der Waals surface area contributed by atoms with Crippen LogP contribution < -0.4 is 0 Å². The Kier molecular flexibility index (Phi) is 4.76. The van der Waals surface area contributed by atoms with Crippen LogP contribution in [-0.2, 0) is 16.6 Å². The van der Waals surface area contributed by atoms with Gasteiger partial charge in [0.15, 0.2) is 0 Å². The van der Waals surface area contributed by atoms with Gasteiger partial charge in [-0.3, -0.25) is 9.58 Å². The maximum absolute atomic E-state index is 13.0. The summed E-state index contributed by atoms with van der Waals surface area (Å²) in [6.45, 7) is 8.79. The Labute approximate surface area is 145 Å². The van der Waals surface area contributed by atoms with Crippen LogP contribution in [0.4, 0.5) is 0 Å². The second-order valence-corrected chi connectivity index (χ2v) is 9.10. The Morgan fingerprint density at radius 3 is 2.42 bits per heavy atom. The minimum absolute atomic E-state index is 0.113. The van der Waals surface area contributed by atoms with Crippen LogP contribution in [0, 0.1) is 6.92 Å². The van der Waals surface area contributed by atoms with Gasteiger partial charge < -0.3 is 4.90 Å². The average molecular weight is 356 g/mol. The molecule has 2 aliphatic rings. The van der Waals surface area contributed by atoms with Gasteiger partial charge in [-0.2, -0.15) is 9.40 Å². The Balaban J connectivity index is 1.77. The standard InChI is InChI=1S/C16H29N5O2S/c1-5-21-14(2)15(12-17-21)24(22,23)20-8-6-16(7-9-20)13-18(3)10-11-19(16)4/h12H,5-11,13H2,1-4H3. The molecule has 0 unspecified atom stereocenters. The molecule has 0 radical (unpaired) electrons. The number of aromatic nitrogens is 2. The molecule has 0 aromatic carbocycles. The monoisotopic (exact) mass is 355 g/mol. The van der Waals surface area contributed by atoms with Gasteiger partial charge in [0.1, 0.15) is 4.90 Å². The molecule has 136 valence electrons. The van der Waals surface area contributed by atoms with Gasteiger partial charge in [-0.25, -0.2) is 8.42 Å². The minimum Gasteiger partial charge on any atom is -0.303 e. The van der Waals surface area contributed by atoms with Gasteiger partial charge in [-0.05, 0) is 40.8 Å². The van der Waals surface area contributed by atoms with Crippen LogP contribution in [0.3, 0.4) is 0 Å². The first-order chi connectivity index (χ1) is 11.3. The van der Waals surface area contributed by atoms with Crippen molar-refractivity contribution in [2.45, 2.75) is 43.7 Å². The van der Waals surface area contributed by atoms with Crippen LogP contribution in [0.15, 0.2) is 11.1 Å². The molecule has 0 atom stereocenters. The molecule has 1 spiro atoms. The van der Waals surface area contributed by atoms with Crippen molar-refractivity contribution in [1.29, 1.82) is 0 Å². The van der Waals surface area contributed by atoms with Crippen molar-refractivity contribution in [3.8, 4) is 0 Å². The summed E-state index contributed by atoms with van der Waals surface area (Å²) < 4.78 is 29.4. The van der Waals surface area contributed by atoms with E-state index in [-0.39, 0.29) is 5.54 Å². The van der Waals surface area contributed by atoms with Gasteiger partial charge in [0.2, 0.25) is 10.0 Å². The van der Waals surface area contributed by atoms with Crippen molar-refractivity contribution in [3.05, 3.63) is 11.9 Å². The van der Waals surface area contributed by atoms with Gasteiger partial charge in [0.05, 0.1) is 11.9 Å². The maximum Gasteiger partial charge on any atom is 0.246 e. The summed E-state index contributed by atoms with van der Waals surface area (Å²) in [5, 5.41) is 4.20. The van der Waals surface area contributed by atoms with Crippen molar-refractivity contribution in [1.82, 2.24) is 23.9 Å². The molecule has 8 heteroatoms. The quantitative estimate of drug-likeness (QED) is 0.795. The zero-order chi connectivity index (χ0) is 17.5.